The SMILES string of the molecule is CCC1(C)C(=O)c2cc(OCC(=O)O)c(Cl)c(Cl)c2C1=O. The van der Waals surface area contributed by atoms with Crippen molar-refractivity contribution in [3.05, 3.63) is 27.2 Å². The van der Waals surface area contributed by atoms with Gasteiger partial charge in [-0.2, -0.15) is 0 Å². The van der Waals surface area contributed by atoms with Crippen molar-refractivity contribution in [1.82, 2.24) is 0 Å². The third-order valence-electron chi connectivity index (χ3n) is 3.71. The van der Waals surface area contributed by atoms with E-state index in [1.807, 2.05) is 0 Å². The Labute approximate surface area is 130 Å². The molecule has 0 aliphatic heterocycles. The molecule has 1 aromatic rings. The Morgan fingerprint density at radius 3 is 2.43 bits per heavy atom. The summed E-state index contributed by atoms with van der Waals surface area (Å²) in [7, 11) is 0. The highest BCUT2D eigenvalue weighted by Crippen LogP contribution is 2.47. The van der Waals surface area contributed by atoms with Gasteiger partial charge in [-0.1, -0.05) is 30.1 Å². The highest BCUT2D eigenvalue weighted by atomic mass is 35.5. The Kier molecular flexibility index (Phi) is 4.00. The summed E-state index contributed by atoms with van der Waals surface area (Å²) in [6.07, 6.45) is 0.332. The van der Waals surface area contributed by atoms with E-state index in [0.29, 0.717) is 6.42 Å². The van der Waals surface area contributed by atoms with Crippen LogP contribution in [0, 0.1) is 5.41 Å². The van der Waals surface area contributed by atoms with Crippen LogP contribution in [0.2, 0.25) is 10.0 Å². The molecule has 1 N–H and O–H groups in total. The molecular formula is C14H12Cl2O5. The van der Waals surface area contributed by atoms with E-state index in [1.165, 1.54) is 6.07 Å². The van der Waals surface area contributed by atoms with Crippen LogP contribution in [-0.2, 0) is 4.79 Å². The van der Waals surface area contributed by atoms with Crippen molar-refractivity contribution in [3.63, 3.8) is 0 Å². The lowest BCUT2D eigenvalue weighted by molar-refractivity contribution is -0.139. The number of carbonyl (C=O) groups is 3. The minimum absolute atomic E-state index is 0.0238. The predicted molar refractivity (Wildman–Crippen MR) is 76.7 cm³/mol. The van der Waals surface area contributed by atoms with E-state index in [9.17, 15) is 14.4 Å². The standard InChI is InChI=1S/C14H12Cl2O5/c1-3-14(2)12(19)6-4-7(21-5-8(17)18)10(15)11(16)9(6)13(14)20/h4H,3,5H2,1-2H3,(H,17,18). The molecule has 5 nitrogen and oxygen atoms in total. The molecule has 21 heavy (non-hydrogen) atoms. The number of ether oxygens (including phenoxy) is 1. The molecule has 0 saturated heterocycles. The maximum Gasteiger partial charge on any atom is 0.341 e. The number of Topliss-reactive ketones (excluding diaryl/α,β-unsaturated/α-hetero) is 2. The Balaban J connectivity index is 2.58. The van der Waals surface area contributed by atoms with Gasteiger partial charge in [0.25, 0.3) is 0 Å². The van der Waals surface area contributed by atoms with E-state index in [2.05, 4.69) is 0 Å². The monoisotopic (exact) mass is 330 g/mol. The minimum atomic E-state index is -1.19. The Hall–Kier alpha value is -1.59. The summed E-state index contributed by atoms with van der Waals surface area (Å²) in [5.41, 5.74) is -0.960. The van der Waals surface area contributed by atoms with Gasteiger partial charge in [0.1, 0.15) is 10.8 Å². The zero-order valence-electron chi connectivity index (χ0n) is 11.3. The van der Waals surface area contributed by atoms with Crippen molar-refractivity contribution in [2.24, 2.45) is 5.41 Å². The van der Waals surface area contributed by atoms with Crippen LogP contribution in [0.15, 0.2) is 6.07 Å². The quantitative estimate of drug-likeness (QED) is 0.857. The number of carboxylic acid groups (broad SMARTS) is 1. The number of benzene rings is 1. The molecule has 2 rings (SSSR count). The van der Waals surface area contributed by atoms with Gasteiger partial charge in [-0.3, -0.25) is 9.59 Å². The topological polar surface area (TPSA) is 80.7 Å². The molecule has 0 amide bonds. The van der Waals surface area contributed by atoms with Crippen molar-refractivity contribution in [3.8, 4) is 5.75 Å². The summed E-state index contributed by atoms with van der Waals surface area (Å²) >= 11 is 12.1. The Morgan fingerprint density at radius 2 is 1.90 bits per heavy atom. The highest BCUT2D eigenvalue weighted by Gasteiger charge is 2.49. The fourth-order valence-electron chi connectivity index (χ4n) is 2.25. The van der Waals surface area contributed by atoms with Gasteiger partial charge in [0, 0.05) is 11.1 Å². The molecule has 1 unspecified atom stereocenters. The van der Waals surface area contributed by atoms with Crippen LogP contribution < -0.4 is 4.74 Å². The van der Waals surface area contributed by atoms with Crippen molar-refractivity contribution in [2.75, 3.05) is 6.61 Å². The van der Waals surface area contributed by atoms with E-state index >= 15 is 0 Å². The van der Waals surface area contributed by atoms with E-state index in [4.69, 9.17) is 33.0 Å². The van der Waals surface area contributed by atoms with Crippen LogP contribution in [0.1, 0.15) is 41.0 Å². The van der Waals surface area contributed by atoms with E-state index in [-0.39, 0.29) is 38.5 Å². The Morgan fingerprint density at radius 1 is 1.29 bits per heavy atom. The van der Waals surface area contributed by atoms with Gasteiger partial charge in [-0.25, -0.2) is 4.79 Å². The van der Waals surface area contributed by atoms with Crippen molar-refractivity contribution >= 4 is 40.7 Å². The Bertz CT molecular complexity index is 668. The van der Waals surface area contributed by atoms with Crippen molar-refractivity contribution in [2.45, 2.75) is 20.3 Å². The first-order valence-electron chi connectivity index (χ1n) is 6.20. The van der Waals surface area contributed by atoms with Crippen molar-refractivity contribution in [1.29, 1.82) is 0 Å². The average Bonchev–Trinajstić information content (AvgIpc) is 2.63. The molecule has 0 bridgehead atoms. The predicted octanol–water partition coefficient (Wildman–Crippen LogP) is 3.25. The van der Waals surface area contributed by atoms with Crippen LogP contribution in [-0.4, -0.2) is 29.2 Å². The second-order valence-corrected chi connectivity index (χ2v) is 5.71. The molecule has 0 fully saturated rings. The normalized spacial score (nSPS) is 20.6. The molecule has 0 heterocycles. The van der Waals surface area contributed by atoms with Gasteiger partial charge >= 0.3 is 5.97 Å². The lowest BCUT2D eigenvalue weighted by Crippen LogP contribution is -2.28. The van der Waals surface area contributed by atoms with E-state index in [1.54, 1.807) is 13.8 Å². The number of ketones is 2. The molecule has 0 spiro atoms. The van der Waals surface area contributed by atoms with Gasteiger partial charge in [0.05, 0.1) is 10.4 Å². The minimum Gasteiger partial charge on any atom is -0.480 e. The van der Waals surface area contributed by atoms with Gasteiger partial charge in [0.2, 0.25) is 0 Å². The number of halogens is 2. The smallest absolute Gasteiger partial charge is 0.341 e. The maximum atomic E-state index is 12.4. The van der Waals surface area contributed by atoms with Crippen molar-refractivity contribution < 1.29 is 24.2 Å². The number of rotatable bonds is 4. The molecule has 1 aliphatic rings. The number of fused-ring (bicyclic) bond motifs is 1. The number of aliphatic carboxylic acids is 1. The van der Waals surface area contributed by atoms with Gasteiger partial charge in [-0.15, -0.1) is 0 Å². The molecule has 0 aromatic heterocycles. The fourth-order valence-corrected chi connectivity index (χ4v) is 2.73. The van der Waals surface area contributed by atoms with Crippen LogP contribution in [0.5, 0.6) is 5.75 Å². The zero-order valence-corrected chi connectivity index (χ0v) is 12.8. The third kappa shape index (κ3) is 2.30. The number of hydrogen-bond donors (Lipinski definition) is 1. The lowest BCUT2D eigenvalue weighted by atomic mass is 9.82. The first-order valence-corrected chi connectivity index (χ1v) is 6.95. The van der Waals surface area contributed by atoms with E-state index in [0.717, 1.165) is 0 Å². The molecule has 1 atom stereocenters. The number of carbonyl (C=O) groups excluding carboxylic acids is 2. The molecule has 0 saturated carbocycles. The first kappa shape index (κ1) is 15.8. The molecule has 1 aromatic carbocycles. The first-order chi connectivity index (χ1) is 9.74. The molecule has 1 aliphatic carbocycles. The number of carboxylic acids is 1. The highest BCUT2D eigenvalue weighted by molar-refractivity contribution is 6.47. The zero-order chi connectivity index (χ0) is 15.9. The summed E-state index contributed by atoms with van der Waals surface area (Å²) < 4.78 is 5.01. The van der Waals surface area contributed by atoms with Crippen LogP contribution in [0.25, 0.3) is 0 Å². The van der Waals surface area contributed by atoms with Gasteiger partial charge in [-0.05, 0) is 19.4 Å². The van der Waals surface area contributed by atoms with Crippen LogP contribution in [0.3, 0.4) is 0 Å². The summed E-state index contributed by atoms with van der Waals surface area (Å²) in [6.45, 7) is 2.67. The van der Waals surface area contributed by atoms with Gasteiger partial charge < -0.3 is 9.84 Å². The largest absolute Gasteiger partial charge is 0.480 e. The number of hydrogen-bond acceptors (Lipinski definition) is 4. The second-order valence-electron chi connectivity index (χ2n) is 4.95. The second kappa shape index (κ2) is 5.31. The molecular weight excluding hydrogens is 319 g/mol. The van der Waals surface area contributed by atoms with Crippen LogP contribution in [0.4, 0.5) is 0 Å². The summed E-state index contributed by atoms with van der Waals surface area (Å²) in [5, 5.41) is 8.47. The van der Waals surface area contributed by atoms with Gasteiger partial charge in [0.15, 0.2) is 18.2 Å². The maximum absolute atomic E-state index is 12.4. The van der Waals surface area contributed by atoms with Crippen LogP contribution >= 0.6 is 23.2 Å². The summed E-state index contributed by atoms with van der Waals surface area (Å²) in [5.74, 6) is -1.95. The molecule has 112 valence electrons. The summed E-state index contributed by atoms with van der Waals surface area (Å²) in [4.78, 5) is 35.4. The average molecular weight is 331 g/mol. The fraction of sp³-hybridized carbons (Fsp3) is 0.357. The summed E-state index contributed by atoms with van der Waals surface area (Å²) in [6, 6.07) is 1.29. The lowest BCUT2D eigenvalue weighted by Gasteiger charge is -2.16. The molecule has 7 heteroatoms. The van der Waals surface area contributed by atoms with E-state index < -0.39 is 18.0 Å². The molecule has 0 radical (unpaired) electrons. The third-order valence-corrected chi connectivity index (χ3v) is 4.56.